The Morgan fingerprint density at radius 2 is 2.06 bits per heavy atom. The first kappa shape index (κ1) is 10.9. The van der Waals surface area contributed by atoms with Crippen molar-refractivity contribution in [2.75, 3.05) is 11.1 Å². The highest BCUT2D eigenvalue weighted by Crippen LogP contribution is 2.21. The Balaban J connectivity index is 2.08. The number of hydrogen-bond donors (Lipinski definition) is 2. The molecule has 0 bridgehead atoms. The lowest BCUT2D eigenvalue weighted by Crippen LogP contribution is -2.02. The Labute approximate surface area is 95.7 Å². The van der Waals surface area contributed by atoms with Gasteiger partial charge in [0, 0.05) is 16.6 Å². The molecule has 0 aliphatic carbocycles. The number of benzene rings is 1. The summed E-state index contributed by atoms with van der Waals surface area (Å²) in [5.74, 6) is -1.19. The van der Waals surface area contributed by atoms with E-state index in [1.54, 1.807) is 6.07 Å². The summed E-state index contributed by atoms with van der Waals surface area (Å²) in [6.45, 7) is 0.437. The van der Waals surface area contributed by atoms with Gasteiger partial charge in [-0.1, -0.05) is 0 Å². The summed E-state index contributed by atoms with van der Waals surface area (Å²) in [6, 6.07) is 5.22. The van der Waals surface area contributed by atoms with Crippen LogP contribution in [0.1, 0.15) is 4.88 Å². The van der Waals surface area contributed by atoms with Crippen molar-refractivity contribution in [2.24, 2.45) is 0 Å². The summed E-state index contributed by atoms with van der Waals surface area (Å²) in [5.41, 5.74) is 6.64. The smallest absolute Gasteiger partial charge is 0.149 e. The number of nitrogen functional groups attached to an aromatic ring is 1. The molecule has 0 spiro atoms. The van der Waals surface area contributed by atoms with E-state index in [1.165, 1.54) is 23.5 Å². The van der Waals surface area contributed by atoms with Crippen molar-refractivity contribution >= 4 is 22.7 Å². The van der Waals surface area contributed by atoms with Crippen molar-refractivity contribution in [1.82, 2.24) is 0 Å². The molecule has 84 valence electrons. The third kappa shape index (κ3) is 2.30. The lowest BCUT2D eigenvalue weighted by molar-refractivity contribution is 0.585. The Morgan fingerprint density at radius 3 is 2.69 bits per heavy atom. The van der Waals surface area contributed by atoms with Crippen molar-refractivity contribution in [1.29, 1.82) is 0 Å². The molecular weight excluding hydrogens is 230 g/mol. The van der Waals surface area contributed by atoms with Gasteiger partial charge in [-0.15, -0.1) is 11.3 Å². The minimum Gasteiger partial charge on any atom is -0.398 e. The molecule has 2 rings (SSSR count). The normalized spacial score (nSPS) is 10.4. The van der Waals surface area contributed by atoms with Crippen LogP contribution in [0.15, 0.2) is 29.6 Å². The number of thiophene rings is 1. The topological polar surface area (TPSA) is 38.0 Å². The van der Waals surface area contributed by atoms with Crippen LogP contribution < -0.4 is 11.1 Å². The quantitative estimate of drug-likeness (QED) is 0.864. The van der Waals surface area contributed by atoms with Crippen LogP contribution in [0.25, 0.3) is 0 Å². The van der Waals surface area contributed by atoms with Crippen molar-refractivity contribution < 1.29 is 8.78 Å². The van der Waals surface area contributed by atoms with Crippen LogP contribution in [0.3, 0.4) is 0 Å². The highest BCUT2D eigenvalue weighted by molar-refractivity contribution is 7.10. The molecule has 0 aliphatic rings. The van der Waals surface area contributed by atoms with Crippen molar-refractivity contribution in [3.05, 3.63) is 46.2 Å². The van der Waals surface area contributed by atoms with E-state index in [9.17, 15) is 8.78 Å². The molecule has 0 radical (unpaired) electrons. The number of halogens is 2. The van der Waals surface area contributed by atoms with Gasteiger partial charge < -0.3 is 11.1 Å². The fourth-order valence-corrected chi connectivity index (χ4v) is 2.04. The largest absolute Gasteiger partial charge is 0.398 e. The fraction of sp³-hybridized carbons (Fsp3) is 0.0909. The predicted molar refractivity (Wildman–Crippen MR) is 62.4 cm³/mol. The van der Waals surface area contributed by atoms with Crippen molar-refractivity contribution in [2.45, 2.75) is 6.54 Å². The Kier molecular flexibility index (Phi) is 3.05. The zero-order valence-corrected chi connectivity index (χ0v) is 9.15. The van der Waals surface area contributed by atoms with E-state index in [2.05, 4.69) is 5.32 Å². The van der Waals surface area contributed by atoms with Gasteiger partial charge in [0.2, 0.25) is 0 Å². The third-order valence-corrected chi connectivity index (χ3v) is 3.09. The third-order valence-electron chi connectivity index (χ3n) is 2.15. The van der Waals surface area contributed by atoms with Crippen molar-refractivity contribution in [3.8, 4) is 0 Å². The summed E-state index contributed by atoms with van der Waals surface area (Å²) in [4.78, 5) is 0.934. The van der Waals surface area contributed by atoms with Gasteiger partial charge in [0.25, 0.3) is 0 Å². The molecular formula is C11H10F2N2S. The summed E-state index contributed by atoms with van der Waals surface area (Å²) >= 11 is 1.49. The highest BCUT2D eigenvalue weighted by Gasteiger charge is 2.05. The maximum Gasteiger partial charge on any atom is 0.149 e. The van der Waals surface area contributed by atoms with Crippen LogP contribution in [-0.2, 0) is 6.54 Å². The number of hydrogen-bond acceptors (Lipinski definition) is 3. The molecule has 0 aliphatic heterocycles. The number of anilines is 2. The molecule has 0 unspecified atom stereocenters. The zero-order valence-electron chi connectivity index (χ0n) is 8.34. The second-order valence-corrected chi connectivity index (χ2v) is 4.28. The van der Waals surface area contributed by atoms with Crippen LogP contribution in [0.4, 0.5) is 20.2 Å². The second kappa shape index (κ2) is 4.49. The molecule has 2 aromatic rings. The molecule has 1 aromatic carbocycles. The molecule has 0 atom stereocenters. The summed E-state index contributed by atoms with van der Waals surface area (Å²) in [6.07, 6.45) is 0. The van der Waals surface area contributed by atoms with Gasteiger partial charge in [0.05, 0.1) is 12.2 Å². The first-order chi connectivity index (χ1) is 7.66. The van der Waals surface area contributed by atoms with Gasteiger partial charge in [-0.05, 0) is 23.6 Å². The molecule has 5 heteroatoms. The average molecular weight is 240 g/mol. The second-order valence-electron chi connectivity index (χ2n) is 3.28. The van der Waals surface area contributed by atoms with Crippen LogP contribution >= 0.6 is 11.3 Å². The molecule has 0 saturated carbocycles. The van der Waals surface area contributed by atoms with Gasteiger partial charge in [0.15, 0.2) is 0 Å². The Hall–Kier alpha value is -1.62. The van der Waals surface area contributed by atoms with Gasteiger partial charge in [-0.2, -0.15) is 0 Å². The van der Waals surface area contributed by atoms with E-state index in [-0.39, 0.29) is 5.69 Å². The molecule has 3 N–H and O–H groups in total. The minimum absolute atomic E-state index is 0.272. The van der Waals surface area contributed by atoms with Gasteiger partial charge in [-0.25, -0.2) is 8.78 Å². The Morgan fingerprint density at radius 1 is 1.25 bits per heavy atom. The van der Waals surface area contributed by atoms with Gasteiger partial charge in [0.1, 0.15) is 11.6 Å². The van der Waals surface area contributed by atoms with Crippen LogP contribution in [0.5, 0.6) is 0 Å². The number of nitrogens with one attached hydrogen (secondary N) is 1. The molecule has 2 nitrogen and oxygen atoms in total. The van der Waals surface area contributed by atoms with E-state index < -0.39 is 11.6 Å². The summed E-state index contributed by atoms with van der Waals surface area (Å²) in [7, 11) is 0. The maximum atomic E-state index is 13.2. The van der Waals surface area contributed by atoms with Gasteiger partial charge >= 0.3 is 0 Å². The van der Waals surface area contributed by atoms with E-state index in [1.807, 2.05) is 5.38 Å². The molecule has 0 amide bonds. The monoisotopic (exact) mass is 240 g/mol. The van der Waals surface area contributed by atoms with E-state index in [0.29, 0.717) is 12.2 Å². The van der Waals surface area contributed by atoms with Crippen LogP contribution in [0.2, 0.25) is 0 Å². The molecule has 1 aromatic heterocycles. The fourth-order valence-electron chi connectivity index (χ4n) is 1.30. The highest BCUT2D eigenvalue weighted by atomic mass is 32.1. The summed E-state index contributed by atoms with van der Waals surface area (Å²) in [5, 5.41) is 4.74. The summed E-state index contributed by atoms with van der Waals surface area (Å²) < 4.78 is 25.9. The minimum atomic E-state index is -0.602. The lowest BCUT2D eigenvalue weighted by atomic mass is 10.3. The van der Waals surface area contributed by atoms with Gasteiger partial charge in [-0.3, -0.25) is 0 Å². The average Bonchev–Trinajstić information content (AvgIpc) is 2.63. The van der Waals surface area contributed by atoms with E-state index in [4.69, 9.17) is 5.73 Å². The van der Waals surface area contributed by atoms with E-state index >= 15 is 0 Å². The zero-order chi connectivity index (χ0) is 11.5. The molecule has 0 fully saturated rings. The van der Waals surface area contributed by atoms with Crippen LogP contribution in [-0.4, -0.2) is 0 Å². The first-order valence-corrected chi connectivity index (χ1v) is 5.55. The SMILES string of the molecule is Nc1ccsc1CNc1ccc(F)cc1F. The lowest BCUT2D eigenvalue weighted by Gasteiger charge is -2.06. The number of nitrogens with two attached hydrogens (primary N) is 1. The Bertz CT molecular complexity index is 496. The standard InChI is InChI=1S/C11H10F2N2S/c12-7-1-2-10(8(13)5-7)15-6-11-9(14)3-4-16-11/h1-5,15H,6,14H2. The van der Waals surface area contributed by atoms with Crippen molar-refractivity contribution in [3.63, 3.8) is 0 Å². The molecule has 0 saturated heterocycles. The first-order valence-electron chi connectivity index (χ1n) is 4.67. The number of rotatable bonds is 3. The molecule has 16 heavy (non-hydrogen) atoms. The maximum absolute atomic E-state index is 13.2. The van der Waals surface area contributed by atoms with E-state index in [0.717, 1.165) is 10.9 Å². The predicted octanol–water partition coefficient (Wildman–Crippen LogP) is 3.22. The molecule has 1 heterocycles. The van der Waals surface area contributed by atoms with Crippen LogP contribution in [0, 0.1) is 11.6 Å².